The molecule has 3 aromatic rings. The van der Waals surface area contributed by atoms with E-state index < -0.39 is 10.0 Å². The summed E-state index contributed by atoms with van der Waals surface area (Å²) in [5.74, 6) is 0.938. The second kappa shape index (κ2) is 7.42. The molecule has 4 heterocycles. The number of anilines is 1. The highest BCUT2D eigenvalue weighted by molar-refractivity contribution is 7.89. The van der Waals surface area contributed by atoms with Crippen LogP contribution in [0.4, 0.5) is 5.69 Å². The van der Waals surface area contributed by atoms with E-state index in [0.717, 1.165) is 41.1 Å². The quantitative estimate of drug-likeness (QED) is 0.610. The lowest BCUT2D eigenvalue weighted by Crippen LogP contribution is -2.29. The Morgan fingerprint density at radius 3 is 2.87 bits per heavy atom. The van der Waals surface area contributed by atoms with E-state index in [4.69, 9.17) is 4.98 Å². The third-order valence-corrected chi connectivity index (χ3v) is 8.11. The van der Waals surface area contributed by atoms with Crippen LogP contribution < -0.4 is 4.90 Å². The number of carbonyl (C=O) groups excluding carboxylic acids is 1. The molecule has 5 rings (SSSR count). The molecule has 0 saturated carbocycles. The van der Waals surface area contributed by atoms with Gasteiger partial charge in [-0.3, -0.25) is 4.79 Å². The first-order chi connectivity index (χ1) is 14.9. The van der Waals surface area contributed by atoms with Crippen molar-refractivity contribution in [2.24, 2.45) is 0 Å². The maximum atomic E-state index is 13.4. The van der Waals surface area contributed by atoms with Gasteiger partial charge in [0.25, 0.3) is 0 Å². The summed E-state index contributed by atoms with van der Waals surface area (Å²) in [5.41, 5.74) is 3.21. The summed E-state index contributed by atoms with van der Waals surface area (Å²) in [7, 11) is -1.94. The van der Waals surface area contributed by atoms with Crippen LogP contribution in [0.2, 0.25) is 0 Å². The Morgan fingerprint density at radius 1 is 1.23 bits per heavy atom. The van der Waals surface area contributed by atoms with Gasteiger partial charge in [0.05, 0.1) is 17.4 Å². The van der Waals surface area contributed by atoms with Crippen LogP contribution in [-0.2, 0) is 27.7 Å². The summed E-state index contributed by atoms with van der Waals surface area (Å²) in [4.78, 5) is 23.1. The van der Waals surface area contributed by atoms with Crippen molar-refractivity contribution in [2.75, 3.05) is 25.0 Å². The van der Waals surface area contributed by atoms with Crippen LogP contribution in [0.1, 0.15) is 37.2 Å². The topological polar surface area (TPSA) is 88.4 Å². The number of aryl methyl sites for hydroxylation is 1. The normalized spacial score (nSPS) is 19.5. The average molecular weight is 440 g/mol. The number of hydrogen-bond acceptors (Lipinski definition) is 5. The van der Waals surface area contributed by atoms with Crippen LogP contribution in [0.5, 0.6) is 0 Å². The predicted molar refractivity (Wildman–Crippen MR) is 117 cm³/mol. The second-order valence-corrected chi connectivity index (χ2v) is 10.2. The molecule has 0 unspecified atom stereocenters. The summed E-state index contributed by atoms with van der Waals surface area (Å²) in [5, 5.41) is 0. The fraction of sp³-hybridized carbons (Fsp3) is 0.409. The van der Waals surface area contributed by atoms with Crippen LogP contribution in [0.25, 0.3) is 11.2 Å². The molecule has 8 nitrogen and oxygen atoms in total. The molecule has 1 aromatic carbocycles. The minimum Gasteiger partial charge on any atom is -0.315 e. The minimum atomic E-state index is -3.65. The number of benzene rings is 1. The summed E-state index contributed by atoms with van der Waals surface area (Å²) >= 11 is 0. The molecule has 9 heteroatoms. The van der Waals surface area contributed by atoms with Gasteiger partial charge < -0.3 is 9.47 Å². The molecule has 1 amide bonds. The standard InChI is InChI=1S/C22H25N5O3S/c1-3-5-20-24-18-6-4-10-23-22(18)27(20)16-9-11-26(14-16)31(29,30)17-7-8-19-15(12-17)13-21(28)25(19)2/h4,6-8,10,12,16H,3,5,9,11,13-14H2,1-2H3/t16-/m0/s1. The maximum Gasteiger partial charge on any atom is 0.243 e. The van der Waals surface area contributed by atoms with Crippen molar-refractivity contribution in [1.82, 2.24) is 18.8 Å². The first-order valence-electron chi connectivity index (χ1n) is 10.6. The molecular weight excluding hydrogens is 414 g/mol. The third-order valence-electron chi connectivity index (χ3n) is 6.25. The molecule has 1 fully saturated rings. The van der Waals surface area contributed by atoms with Gasteiger partial charge in [0, 0.05) is 38.4 Å². The lowest BCUT2D eigenvalue weighted by molar-refractivity contribution is -0.117. The molecule has 0 radical (unpaired) electrons. The number of nitrogens with zero attached hydrogens (tertiary/aromatic N) is 5. The number of pyridine rings is 1. The molecule has 2 aromatic heterocycles. The van der Waals surface area contributed by atoms with E-state index in [9.17, 15) is 13.2 Å². The van der Waals surface area contributed by atoms with E-state index in [1.54, 1.807) is 40.6 Å². The molecular formula is C22H25N5O3S. The highest BCUT2D eigenvalue weighted by Gasteiger charge is 2.36. The van der Waals surface area contributed by atoms with Gasteiger partial charge in [-0.25, -0.2) is 18.4 Å². The zero-order valence-electron chi connectivity index (χ0n) is 17.7. The zero-order valence-corrected chi connectivity index (χ0v) is 18.5. The van der Waals surface area contributed by atoms with Crippen LogP contribution in [0, 0.1) is 0 Å². The number of carbonyl (C=O) groups is 1. The van der Waals surface area contributed by atoms with Crippen molar-refractivity contribution in [2.45, 2.75) is 43.5 Å². The van der Waals surface area contributed by atoms with Crippen molar-refractivity contribution >= 4 is 32.8 Å². The number of likely N-dealkylation sites (N-methyl/N-ethyl adjacent to an activating group) is 1. The smallest absolute Gasteiger partial charge is 0.243 e. The number of hydrogen-bond donors (Lipinski definition) is 0. The molecule has 0 aliphatic carbocycles. The highest BCUT2D eigenvalue weighted by Crippen LogP contribution is 2.34. The zero-order chi connectivity index (χ0) is 21.8. The first-order valence-corrected chi connectivity index (χ1v) is 12.1. The van der Waals surface area contributed by atoms with Crippen LogP contribution in [-0.4, -0.2) is 53.3 Å². The monoisotopic (exact) mass is 439 g/mol. The summed E-state index contributed by atoms with van der Waals surface area (Å²) < 4.78 is 30.4. The van der Waals surface area contributed by atoms with Gasteiger partial charge in [-0.1, -0.05) is 6.92 Å². The Balaban J connectivity index is 1.45. The van der Waals surface area contributed by atoms with Gasteiger partial charge in [0.1, 0.15) is 11.3 Å². The summed E-state index contributed by atoms with van der Waals surface area (Å²) in [6, 6.07) is 8.80. The molecule has 0 N–H and O–H groups in total. The van der Waals surface area contributed by atoms with Crippen LogP contribution in [0.15, 0.2) is 41.4 Å². The third kappa shape index (κ3) is 3.23. The van der Waals surface area contributed by atoms with E-state index in [1.807, 2.05) is 12.1 Å². The van der Waals surface area contributed by atoms with E-state index in [1.165, 1.54) is 0 Å². The molecule has 2 aliphatic heterocycles. The Morgan fingerprint density at radius 2 is 2.06 bits per heavy atom. The summed E-state index contributed by atoms with van der Waals surface area (Å²) in [6.45, 7) is 2.94. The Kier molecular flexibility index (Phi) is 4.82. The van der Waals surface area contributed by atoms with Crippen molar-refractivity contribution in [3.05, 3.63) is 47.9 Å². The lowest BCUT2D eigenvalue weighted by atomic mass is 10.2. The van der Waals surface area contributed by atoms with Crippen molar-refractivity contribution in [1.29, 1.82) is 0 Å². The number of sulfonamides is 1. The van der Waals surface area contributed by atoms with E-state index in [2.05, 4.69) is 16.5 Å². The van der Waals surface area contributed by atoms with Gasteiger partial charge in [0.15, 0.2) is 5.65 Å². The molecule has 2 aliphatic rings. The number of imidazole rings is 1. The van der Waals surface area contributed by atoms with E-state index >= 15 is 0 Å². The number of amides is 1. The molecule has 162 valence electrons. The first kappa shape index (κ1) is 20.1. The van der Waals surface area contributed by atoms with Crippen LogP contribution in [0.3, 0.4) is 0 Å². The molecule has 0 bridgehead atoms. The van der Waals surface area contributed by atoms with Gasteiger partial charge in [-0.2, -0.15) is 4.31 Å². The highest BCUT2D eigenvalue weighted by atomic mass is 32.2. The second-order valence-electron chi connectivity index (χ2n) is 8.22. The SMILES string of the molecule is CCCc1nc2cccnc2n1[C@H]1CCN(S(=O)(=O)c2ccc3c(c2)CC(=O)N3C)C1. The largest absolute Gasteiger partial charge is 0.315 e. The predicted octanol–water partition coefficient (Wildman–Crippen LogP) is 2.54. The molecule has 0 spiro atoms. The van der Waals surface area contributed by atoms with Crippen molar-refractivity contribution < 1.29 is 13.2 Å². The Hall–Kier alpha value is -2.78. The minimum absolute atomic E-state index is 0.00152. The van der Waals surface area contributed by atoms with Gasteiger partial charge >= 0.3 is 0 Å². The summed E-state index contributed by atoms with van der Waals surface area (Å²) in [6.07, 6.45) is 4.49. The van der Waals surface area contributed by atoms with E-state index in [-0.39, 0.29) is 23.3 Å². The maximum absolute atomic E-state index is 13.4. The van der Waals surface area contributed by atoms with Gasteiger partial charge in [0.2, 0.25) is 15.9 Å². The number of rotatable bonds is 5. The van der Waals surface area contributed by atoms with Crippen LogP contribution >= 0.6 is 0 Å². The average Bonchev–Trinajstić information content (AvgIpc) is 3.44. The number of fused-ring (bicyclic) bond motifs is 2. The lowest BCUT2D eigenvalue weighted by Gasteiger charge is -2.19. The van der Waals surface area contributed by atoms with E-state index in [0.29, 0.717) is 19.5 Å². The Labute approximate surface area is 181 Å². The fourth-order valence-corrected chi connectivity index (χ4v) is 6.20. The van der Waals surface area contributed by atoms with Gasteiger partial charge in [-0.05, 0) is 48.7 Å². The van der Waals surface area contributed by atoms with Crippen molar-refractivity contribution in [3.8, 4) is 0 Å². The van der Waals surface area contributed by atoms with Gasteiger partial charge in [-0.15, -0.1) is 0 Å². The fourth-order valence-electron chi connectivity index (χ4n) is 4.66. The van der Waals surface area contributed by atoms with Crippen molar-refractivity contribution in [3.63, 3.8) is 0 Å². The molecule has 1 saturated heterocycles. The molecule has 31 heavy (non-hydrogen) atoms. The Bertz CT molecular complexity index is 1280. The number of aromatic nitrogens is 3. The molecule has 1 atom stereocenters.